The van der Waals surface area contributed by atoms with Crippen LogP contribution in [0.5, 0.6) is 0 Å². The van der Waals surface area contributed by atoms with Gasteiger partial charge in [0.05, 0.1) is 0 Å². The largest absolute Gasteiger partial charge is 0.338 e. The van der Waals surface area contributed by atoms with E-state index >= 15 is 0 Å². The Bertz CT molecular complexity index is 966. The van der Waals surface area contributed by atoms with Gasteiger partial charge in [-0.1, -0.05) is 18.2 Å². The normalized spacial score (nSPS) is 11.7. The molecule has 138 valence electrons. The number of halogens is 1. The Morgan fingerprint density at radius 3 is 2.52 bits per heavy atom. The van der Waals surface area contributed by atoms with Crippen molar-refractivity contribution in [1.29, 1.82) is 0 Å². The van der Waals surface area contributed by atoms with Gasteiger partial charge in [-0.05, 0) is 35.9 Å². The van der Waals surface area contributed by atoms with Crippen molar-refractivity contribution < 1.29 is 14.0 Å². The van der Waals surface area contributed by atoms with E-state index < -0.39 is 6.04 Å². The van der Waals surface area contributed by atoms with Gasteiger partial charge in [0.2, 0.25) is 5.91 Å². The zero-order valence-electron chi connectivity index (χ0n) is 14.9. The number of amides is 2. The molecule has 0 saturated heterocycles. The lowest BCUT2D eigenvalue weighted by molar-refractivity contribution is -0.114. The minimum Gasteiger partial charge on any atom is -0.338 e. The van der Waals surface area contributed by atoms with Gasteiger partial charge in [0.15, 0.2) is 0 Å². The van der Waals surface area contributed by atoms with E-state index in [1.807, 2.05) is 7.05 Å². The van der Waals surface area contributed by atoms with Gasteiger partial charge in [0, 0.05) is 37.6 Å². The number of hydrogen-bond donors (Lipinski definition) is 2. The number of aromatic nitrogens is 2. The topological polar surface area (TPSA) is 76.0 Å². The van der Waals surface area contributed by atoms with Crippen molar-refractivity contribution in [2.75, 3.05) is 5.32 Å². The molecule has 0 fully saturated rings. The summed E-state index contributed by atoms with van der Waals surface area (Å²) in [6, 6.07) is 12.0. The molecule has 0 bridgehead atoms. The fourth-order valence-electron chi connectivity index (χ4n) is 2.76. The van der Waals surface area contributed by atoms with Crippen LogP contribution in [0.1, 0.15) is 34.7 Å². The maximum atomic E-state index is 13.3. The summed E-state index contributed by atoms with van der Waals surface area (Å²) in [6.07, 6.45) is 3.41. The standard InChI is InChI=1S/C20H19FN4O2/c1-13(26)23-17-5-3-4-15(12-17)20(27)24-18(19-22-10-11-25(19)2)14-6-8-16(21)9-7-14/h3-12,18H,1-2H3,(H,23,26)(H,24,27). The first-order valence-electron chi connectivity index (χ1n) is 8.35. The number of anilines is 1. The Morgan fingerprint density at radius 1 is 1.15 bits per heavy atom. The maximum Gasteiger partial charge on any atom is 0.252 e. The minimum absolute atomic E-state index is 0.218. The highest BCUT2D eigenvalue weighted by Gasteiger charge is 2.21. The van der Waals surface area contributed by atoms with Crippen LogP contribution >= 0.6 is 0 Å². The molecule has 2 N–H and O–H groups in total. The molecule has 3 aromatic rings. The first-order valence-corrected chi connectivity index (χ1v) is 8.35. The van der Waals surface area contributed by atoms with Crippen molar-refractivity contribution in [2.45, 2.75) is 13.0 Å². The van der Waals surface area contributed by atoms with Crippen molar-refractivity contribution in [3.05, 3.63) is 83.7 Å². The van der Waals surface area contributed by atoms with Crippen LogP contribution in [0.25, 0.3) is 0 Å². The van der Waals surface area contributed by atoms with Gasteiger partial charge >= 0.3 is 0 Å². The quantitative estimate of drug-likeness (QED) is 0.729. The summed E-state index contributed by atoms with van der Waals surface area (Å²) < 4.78 is 15.1. The van der Waals surface area contributed by atoms with Crippen LogP contribution in [0.15, 0.2) is 60.9 Å². The molecule has 0 aliphatic carbocycles. The number of benzene rings is 2. The van der Waals surface area contributed by atoms with E-state index in [9.17, 15) is 14.0 Å². The fraction of sp³-hybridized carbons (Fsp3) is 0.150. The highest BCUT2D eigenvalue weighted by molar-refractivity contribution is 5.97. The lowest BCUT2D eigenvalue weighted by Crippen LogP contribution is -2.31. The molecule has 1 atom stereocenters. The van der Waals surface area contributed by atoms with E-state index in [-0.39, 0.29) is 17.6 Å². The first kappa shape index (κ1) is 18.3. The Hall–Kier alpha value is -3.48. The molecule has 2 aromatic carbocycles. The third-order valence-electron chi connectivity index (χ3n) is 4.04. The van der Waals surface area contributed by atoms with E-state index in [1.54, 1.807) is 53.4 Å². The third-order valence-corrected chi connectivity index (χ3v) is 4.04. The smallest absolute Gasteiger partial charge is 0.252 e. The molecule has 0 radical (unpaired) electrons. The molecule has 2 amide bonds. The number of carbonyl (C=O) groups excluding carboxylic acids is 2. The van der Waals surface area contributed by atoms with Crippen LogP contribution in [-0.2, 0) is 11.8 Å². The number of aryl methyl sites for hydroxylation is 1. The molecular weight excluding hydrogens is 347 g/mol. The Morgan fingerprint density at radius 2 is 1.89 bits per heavy atom. The van der Waals surface area contributed by atoms with Crippen LogP contribution in [0, 0.1) is 5.82 Å². The molecule has 27 heavy (non-hydrogen) atoms. The zero-order chi connectivity index (χ0) is 19.4. The van der Waals surface area contributed by atoms with E-state index in [0.29, 0.717) is 22.6 Å². The second-order valence-electron chi connectivity index (χ2n) is 6.12. The second kappa shape index (κ2) is 7.82. The Kier molecular flexibility index (Phi) is 5.30. The molecular formula is C20H19FN4O2. The SMILES string of the molecule is CC(=O)Nc1cccc(C(=O)NC(c2ccc(F)cc2)c2nccn2C)c1. The summed E-state index contributed by atoms with van der Waals surface area (Å²) in [5.74, 6) is -0.288. The number of carbonyl (C=O) groups is 2. The van der Waals surface area contributed by atoms with Crippen molar-refractivity contribution >= 4 is 17.5 Å². The van der Waals surface area contributed by atoms with E-state index in [1.165, 1.54) is 19.1 Å². The molecule has 0 saturated carbocycles. The number of rotatable bonds is 5. The summed E-state index contributed by atoms with van der Waals surface area (Å²) in [5.41, 5.74) is 1.63. The zero-order valence-corrected chi connectivity index (χ0v) is 14.9. The molecule has 3 rings (SSSR count). The van der Waals surface area contributed by atoms with E-state index in [2.05, 4.69) is 15.6 Å². The van der Waals surface area contributed by atoms with Gasteiger partial charge in [-0.15, -0.1) is 0 Å². The van der Waals surface area contributed by atoms with Gasteiger partial charge in [-0.3, -0.25) is 9.59 Å². The van der Waals surface area contributed by atoms with Crippen molar-refractivity contribution in [3.8, 4) is 0 Å². The van der Waals surface area contributed by atoms with Gasteiger partial charge in [0.1, 0.15) is 17.7 Å². The summed E-state index contributed by atoms with van der Waals surface area (Å²) in [6.45, 7) is 1.40. The van der Waals surface area contributed by atoms with E-state index in [0.717, 1.165) is 0 Å². The minimum atomic E-state index is -0.553. The molecule has 1 heterocycles. The van der Waals surface area contributed by atoms with Crippen LogP contribution in [0.4, 0.5) is 10.1 Å². The number of nitrogens with zero attached hydrogens (tertiary/aromatic N) is 2. The maximum absolute atomic E-state index is 13.3. The number of hydrogen-bond acceptors (Lipinski definition) is 3. The van der Waals surface area contributed by atoms with Gasteiger partial charge in [0.25, 0.3) is 5.91 Å². The van der Waals surface area contributed by atoms with Crippen LogP contribution < -0.4 is 10.6 Å². The number of nitrogens with one attached hydrogen (secondary N) is 2. The van der Waals surface area contributed by atoms with Gasteiger partial charge in [-0.2, -0.15) is 0 Å². The van der Waals surface area contributed by atoms with Gasteiger partial charge < -0.3 is 15.2 Å². The summed E-state index contributed by atoms with van der Waals surface area (Å²) >= 11 is 0. The second-order valence-corrected chi connectivity index (χ2v) is 6.12. The lowest BCUT2D eigenvalue weighted by Gasteiger charge is -2.19. The third kappa shape index (κ3) is 4.38. The molecule has 0 spiro atoms. The molecule has 6 nitrogen and oxygen atoms in total. The average Bonchev–Trinajstić information content (AvgIpc) is 3.06. The number of imidazole rings is 1. The highest BCUT2D eigenvalue weighted by atomic mass is 19.1. The summed E-state index contributed by atoms with van der Waals surface area (Å²) in [7, 11) is 1.82. The molecule has 7 heteroatoms. The average molecular weight is 366 g/mol. The van der Waals surface area contributed by atoms with Crippen molar-refractivity contribution in [2.24, 2.45) is 7.05 Å². The summed E-state index contributed by atoms with van der Waals surface area (Å²) in [5, 5.41) is 5.59. The van der Waals surface area contributed by atoms with Crippen molar-refractivity contribution in [1.82, 2.24) is 14.9 Å². The predicted molar refractivity (Wildman–Crippen MR) is 99.7 cm³/mol. The summed E-state index contributed by atoms with van der Waals surface area (Å²) in [4.78, 5) is 28.3. The predicted octanol–water partition coefficient (Wildman–Crippen LogP) is 3.04. The molecule has 1 unspecified atom stereocenters. The first-order chi connectivity index (χ1) is 12.9. The fourth-order valence-corrected chi connectivity index (χ4v) is 2.76. The molecule has 0 aliphatic heterocycles. The molecule has 1 aromatic heterocycles. The van der Waals surface area contributed by atoms with Gasteiger partial charge in [-0.25, -0.2) is 9.37 Å². The van der Waals surface area contributed by atoms with Crippen LogP contribution in [-0.4, -0.2) is 21.4 Å². The Labute approximate surface area is 156 Å². The van der Waals surface area contributed by atoms with Crippen LogP contribution in [0.3, 0.4) is 0 Å². The lowest BCUT2D eigenvalue weighted by atomic mass is 10.0. The Balaban J connectivity index is 1.90. The molecule has 0 aliphatic rings. The highest BCUT2D eigenvalue weighted by Crippen LogP contribution is 2.22. The van der Waals surface area contributed by atoms with Crippen LogP contribution in [0.2, 0.25) is 0 Å². The van der Waals surface area contributed by atoms with Crippen molar-refractivity contribution in [3.63, 3.8) is 0 Å². The van der Waals surface area contributed by atoms with E-state index in [4.69, 9.17) is 0 Å². The monoisotopic (exact) mass is 366 g/mol.